The lowest BCUT2D eigenvalue weighted by molar-refractivity contribution is 0.603. The number of rotatable bonds is 3. The molecule has 0 aliphatic carbocycles. The molecule has 0 fully saturated rings. The van der Waals surface area contributed by atoms with Crippen LogP contribution in [-0.2, 0) is 0 Å². The Hall–Kier alpha value is -1.42. The van der Waals surface area contributed by atoms with Crippen LogP contribution in [0.25, 0.3) is 0 Å². The quantitative estimate of drug-likeness (QED) is 0.659. The third-order valence-electron chi connectivity index (χ3n) is 2.92. The smallest absolute Gasteiger partial charge is 0.123 e. The van der Waals surface area contributed by atoms with Crippen molar-refractivity contribution in [1.29, 1.82) is 0 Å². The van der Waals surface area contributed by atoms with Crippen molar-refractivity contribution in [3.8, 4) is 0 Å². The van der Waals surface area contributed by atoms with Gasteiger partial charge in [-0.1, -0.05) is 29.8 Å². The van der Waals surface area contributed by atoms with E-state index in [-0.39, 0.29) is 11.9 Å². The summed E-state index contributed by atoms with van der Waals surface area (Å²) in [4.78, 5) is 0. The predicted octanol–water partition coefficient (Wildman–Crippen LogP) is 3.34. The molecule has 0 saturated heterocycles. The second-order valence-corrected chi connectivity index (χ2v) is 4.59. The Balaban J connectivity index is 2.44. The van der Waals surface area contributed by atoms with Crippen LogP contribution in [0.3, 0.4) is 0 Å². The van der Waals surface area contributed by atoms with E-state index in [1.54, 1.807) is 18.2 Å². The highest BCUT2D eigenvalue weighted by Gasteiger charge is 2.15. The molecule has 0 amide bonds. The van der Waals surface area contributed by atoms with E-state index in [0.717, 1.165) is 16.7 Å². The molecule has 2 nitrogen and oxygen atoms in total. The van der Waals surface area contributed by atoms with Crippen LogP contribution in [0.5, 0.6) is 0 Å². The Bertz CT molecular complexity index is 540. The fourth-order valence-electron chi connectivity index (χ4n) is 1.94. The number of halogens is 2. The van der Waals surface area contributed by atoms with Gasteiger partial charge in [0.2, 0.25) is 0 Å². The summed E-state index contributed by atoms with van der Waals surface area (Å²) in [5.41, 5.74) is 5.45. The zero-order valence-electron chi connectivity index (χ0n) is 9.95. The van der Waals surface area contributed by atoms with Gasteiger partial charge in [-0.05, 0) is 47.9 Å². The summed E-state index contributed by atoms with van der Waals surface area (Å²) in [6.45, 7) is 1.93. The van der Waals surface area contributed by atoms with Crippen molar-refractivity contribution in [2.45, 2.75) is 13.0 Å². The molecule has 18 heavy (non-hydrogen) atoms. The van der Waals surface area contributed by atoms with E-state index in [1.165, 1.54) is 12.1 Å². The summed E-state index contributed by atoms with van der Waals surface area (Å²) < 4.78 is 13.3. The molecule has 0 saturated carbocycles. The number of hydrogen-bond acceptors (Lipinski definition) is 2. The molecule has 2 aromatic rings. The van der Waals surface area contributed by atoms with Gasteiger partial charge in [0.05, 0.1) is 6.04 Å². The van der Waals surface area contributed by atoms with Crippen molar-refractivity contribution in [3.63, 3.8) is 0 Å². The minimum Gasteiger partial charge on any atom is -0.271 e. The van der Waals surface area contributed by atoms with E-state index < -0.39 is 0 Å². The molecule has 2 rings (SSSR count). The Morgan fingerprint density at radius 2 is 1.83 bits per heavy atom. The van der Waals surface area contributed by atoms with E-state index in [4.69, 9.17) is 17.4 Å². The minimum absolute atomic E-state index is 0.252. The first kappa shape index (κ1) is 13.0. The molecular weight excluding hydrogens is 251 g/mol. The lowest BCUT2D eigenvalue weighted by Gasteiger charge is -2.19. The van der Waals surface area contributed by atoms with Crippen molar-refractivity contribution < 1.29 is 4.39 Å². The van der Waals surface area contributed by atoms with Gasteiger partial charge in [0.1, 0.15) is 5.82 Å². The normalized spacial score (nSPS) is 12.4. The number of nitrogens with one attached hydrogen (secondary N) is 1. The van der Waals surface area contributed by atoms with E-state index in [0.29, 0.717) is 5.02 Å². The summed E-state index contributed by atoms with van der Waals surface area (Å²) in [5.74, 6) is 5.32. The molecule has 0 spiro atoms. The van der Waals surface area contributed by atoms with Gasteiger partial charge in [0, 0.05) is 5.02 Å². The maximum absolute atomic E-state index is 13.3. The maximum atomic E-state index is 13.3. The topological polar surface area (TPSA) is 38.0 Å². The average molecular weight is 265 g/mol. The van der Waals surface area contributed by atoms with Crippen LogP contribution in [0, 0.1) is 12.7 Å². The predicted molar refractivity (Wildman–Crippen MR) is 71.8 cm³/mol. The molecule has 94 valence electrons. The van der Waals surface area contributed by atoms with E-state index in [2.05, 4.69) is 5.43 Å². The Morgan fingerprint density at radius 3 is 2.44 bits per heavy atom. The minimum atomic E-state index is -0.273. The largest absolute Gasteiger partial charge is 0.271 e. The zero-order chi connectivity index (χ0) is 13.1. The molecule has 3 N–H and O–H groups in total. The molecule has 0 heterocycles. The first-order chi connectivity index (χ1) is 8.61. The van der Waals surface area contributed by atoms with Gasteiger partial charge in [0.15, 0.2) is 0 Å². The fraction of sp³-hybridized carbons (Fsp3) is 0.143. The van der Waals surface area contributed by atoms with Gasteiger partial charge in [-0.3, -0.25) is 5.84 Å². The standard InChI is InChI=1S/C14H14ClFN2/c1-9-2-7-12(16)8-13(9)14(18-17)10-3-5-11(15)6-4-10/h2-8,14,18H,17H2,1H3. The fourth-order valence-corrected chi connectivity index (χ4v) is 2.07. The second-order valence-electron chi connectivity index (χ2n) is 4.15. The van der Waals surface area contributed by atoms with Crippen LogP contribution in [0.1, 0.15) is 22.7 Å². The molecule has 0 aliphatic heterocycles. The van der Waals surface area contributed by atoms with Gasteiger partial charge in [-0.15, -0.1) is 0 Å². The van der Waals surface area contributed by atoms with Crippen LogP contribution < -0.4 is 11.3 Å². The van der Waals surface area contributed by atoms with Gasteiger partial charge >= 0.3 is 0 Å². The highest BCUT2D eigenvalue weighted by atomic mass is 35.5. The Kier molecular flexibility index (Phi) is 3.97. The zero-order valence-corrected chi connectivity index (χ0v) is 10.7. The van der Waals surface area contributed by atoms with E-state index >= 15 is 0 Å². The SMILES string of the molecule is Cc1ccc(F)cc1C(NN)c1ccc(Cl)cc1. The van der Waals surface area contributed by atoms with Crippen molar-refractivity contribution >= 4 is 11.6 Å². The molecular formula is C14H14ClFN2. The maximum Gasteiger partial charge on any atom is 0.123 e. The van der Waals surface area contributed by atoms with Crippen LogP contribution in [0.4, 0.5) is 4.39 Å². The van der Waals surface area contributed by atoms with Gasteiger partial charge in [-0.25, -0.2) is 9.82 Å². The monoisotopic (exact) mass is 264 g/mol. The molecule has 1 atom stereocenters. The third kappa shape index (κ3) is 2.70. The average Bonchev–Trinajstić information content (AvgIpc) is 2.37. The summed E-state index contributed by atoms with van der Waals surface area (Å²) >= 11 is 5.85. The first-order valence-corrected chi connectivity index (χ1v) is 5.97. The summed E-state index contributed by atoms with van der Waals surface area (Å²) in [5, 5.41) is 0.658. The van der Waals surface area contributed by atoms with Crippen molar-refractivity contribution in [1.82, 2.24) is 5.43 Å². The summed E-state index contributed by atoms with van der Waals surface area (Å²) in [6, 6.07) is 11.7. The molecule has 2 aromatic carbocycles. The summed E-state index contributed by atoms with van der Waals surface area (Å²) in [6.07, 6.45) is 0. The van der Waals surface area contributed by atoms with Crippen LogP contribution >= 0.6 is 11.6 Å². The molecule has 0 aromatic heterocycles. The highest BCUT2D eigenvalue weighted by molar-refractivity contribution is 6.30. The van der Waals surface area contributed by atoms with E-state index in [9.17, 15) is 4.39 Å². The highest BCUT2D eigenvalue weighted by Crippen LogP contribution is 2.26. The van der Waals surface area contributed by atoms with Gasteiger partial charge in [0.25, 0.3) is 0 Å². The molecule has 0 radical (unpaired) electrons. The number of benzene rings is 2. The Labute approximate surface area is 111 Å². The molecule has 0 bridgehead atoms. The van der Waals surface area contributed by atoms with Gasteiger partial charge < -0.3 is 0 Å². The number of hydrogen-bond donors (Lipinski definition) is 2. The van der Waals surface area contributed by atoms with E-state index in [1.807, 2.05) is 19.1 Å². The number of nitrogens with two attached hydrogens (primary N) is 1. The van der Waals surface area contributed by atoms with Gasteiger partial charge in [-0.2, -0.15) is 0 Å². The first-order valence-electron chi connectivity index (χ1n) is 5.59. The molecule has 0 aliphatic rings. The number of aryl methyl sites for hydroxylation is 1. The molecule has 4 heteroatoms. The van der Waals surface area contributed by atoms with Crippen LogP contribution in [0.15, 0.2) is 42.5 Å². The lowest BCUT2D eigenvalue weighted by atomic mass is 9.95. The second kappa shape index (κ2) is 5.48. The van der Waals surface area contributed by atoms with Crippen molar-refractivity contribution in [2.75, 3.05) is 0 Å². The lowest BCUT2D eigenvalue weighted by Crippen LogP contribution is -2.29. The number of hydrazine groups is 1. The third-order valence-corrected chi connectivity index (χ3v) is 3.17. The van der Waals surface area contributed by atoms with Crippen LogP contribution in [0.2, 0.25) is 5.02 Å². The summed E-state index contributed by atoms with van der Waals surface area (Å²) in [7, 11) is 0. The Morgan fingerprint density at radius 1 is 1.17 bits per heavy atom. The molecule has 1 unspecified atom stereocenters. The van der Waals surface area contributed by atoms with Crippen molar-refractivity contribution in [3.05, 3.63) is 70.0 Å². The van der Waals surface area contributed by atoms with Crippen LogP contribution in [-0.4, -0.2) is 0 Å². The van der Waals surface area contributed by atoms with Crippen molar-refractivity contribution in [2.24, 2.45) is 5.84 Å².